The van der Waals surface area contributed by atoms with E-state index in [4.69, 9.17) is 10.00 Å². The molecule has 5 nitrogen and oxygen atoms in total. The summed E-state index contributed by atoms with van der Waals surface area (Å²) < 4.78 is 7.03. The molecule has 0 aliphatic rings. The van der Waals surface area contributed by atoms with Crippen LogP contribution in [0.1, 0.15) is 18.1 Å². The largest absolute Gasteiger partial charge is 0.495 e. The second-order valence-corrected chi connectivity index (χ2v) is 4.66. The highest BCUT2D eigenvalue weighted by Crippen LogP contribution is 2.18. The van der Waals surface area contributed by atoms with Crippen LogP contribution in [0, 0.1) is 11.3 Å². The summed E-state index contributed by atoms with van der Waals surface area (Å²) >= 11 is 0. The molecule has 0 bridgehead atoms. The van der Waals surface area contributed by atoms with E-state index in [0.717, 1.165) is 12.1 Å². The zero-order valence-electron chi connectivity index (χ0n) is 11.7. The number of nitriles is 1. The van der Waals surface area contributed by atoms with Crippen LogP contribution >= 0.6 is 0 Å². The molecule has 0 radical (unpaired) electrons. The molecule has 0 spiro atoms. The topological polar surface area (TPSA) is 62.9 Å². The third kappa shape index (κ3) is 3.59. The van der Waals surface area contributed by atoms with E-state index in [1.807, 2.05) is 35.1 Å². The van der Waals surface area contributed by atoms with Crippen LogP contribution in [0.5, 0.6) is 5.75 Å². The van der Waals surface area contributed by atoms with Crippen LogP contribution in [0.4, 0.5) is 0 Å². The van der Waals surface area contributed by atoms with Crippen molar-refractivity contribution >= 4 is 0 Å². The van der Waals surface area contributed by atoms with Gasteiger partial charge in [-0.1, -0.05) is 6.07 Å². The molecule has 1 aromatic heterocycles. The minimum absolute atomic E-state index is 0.294. The van der Waals surface area contributed by atoms with Gasteiger partial charge in [0.25, 0.3) is 0 Å². The summed E-state index contributed by atoms with van der Waals surface area (Å²) in [5, 5.41) is 16.7. The Morgan fingerprint density at radius 2 is 2.35 bits per heavy atom. The van der Waals surface area contributed by atoms with Crippen LogP contribution in [0.25, 0.3) is 0 Å². The van der Waals surface area contributed by atoms with Gasteiger partial charge in [0, 0.05) is 25.0 Å². The van der Waals surface area contributed by atoms with E-state index in [9.17, 15) is 0 Å². The van der Waals surface area contributed by atoms with E-state index in [-0.39, 0.29) is 0 Å². The van der Waals surface area contributed by atoms with Gasteiger partial charge in [0.1, 0.15) is 11.8 Å². The Hall–Kier alpha value is -2.32. The molecule has 1 heterocycles. The molecule has 1 unspecified atom stereocenters. The Labute approximate surface area is 118 Å². The number of nitrogens with zero attached hydrogens (tertiary/aromatic N) is 3. The van der Waals surface area contributed by atoms with Crippen molar-refractivity contribution in [1.82, 2.24) is 15.1 Å². The Bertz CT molecular complexity index is 586. The van der Waals surface area contributed by atoms with Crippen molar-refractivity contribution in [3.05, 3.63) is 47.8 Å². The molecular formula is C15H18N4O. The molecule has 0 fully saturated rings. The van der Waals surface area contributed by atoms with Crippen molar-refractivity contribution in [3.63, 3.8) is 0 Å². The first-order valence-corrected chi connectivity index (χ1v) is 6.50. The fraction of sp³-hybridized carbons (Fsp3) is 0.333. The highest BCUT2D eigenvalue weighted by molar-refractivity contribution is 5.45. The lowest BCUT2D eigenvalue weighted by Gasteiger charge is -2.14. The van der Waals surface area contributed by atoms with E-state index in [1.165, 1.54) is 0 Å². The molecule has 2 aromatic rings. The maximum atomic E-state index is 9.06. The van der Waals surface area contributed by atoms with E-state index in [2.05, 4.69) is 23.4 Å². The molecular weight excluding hydrogens is 252 g/mol. The van der Waals surface area contributed by atoms with E-state index >= 15 is 0 Å². The monoisotopic (exact) mass is 270 g/mol. The molecule has 1 N–H and O–H groups in total. The lowest BCUT2D eigenvalue weighted by molar-refractivity contribution is 0.413. The van der Waals surface area contributed by atoms with Crippen LogP contribution in [-0.4, -0.2) is 22.9 Å². The molecule has 0 aliphatic heterocycles. The van der Waals surface area contributed by atoms with Gasteiger partial charge in [-0.3, -0.25) is 4.68 Å². The average Bonchev–Trinajstić information content (AvgIpc) is 2.97. The van der Waals surface area contributed by atoms with E-state index in [0.29, 0.717) is 23.9 Å². The van der Waals surface area contributed by atoms with Crippen LogP contribution in [-0.2, 0) is 13.1 Å². The van der Waals surface area contributed by atoms with Crippen molar-refractivity contribution in [2.75, 3.05) is 7.11 Å². The molecule has 20 heavy (non-hydrogen) atoms. The number of methoxy groups -OCH3 is 1. The third-order valence-corrected chi connectivity index (χ3v) is 3.06. The van der Waals surface area contributed by atoms with Gasteiger partial charge in [-0.25, -0.2) is 0 Å². The van der Waals surface area contributed by atoms with Crippen molar-refractivity contribution in [2.24, 2.45) is 0 Å². The normalized spacial score (nSPS) is 11.8. The summed E-state index contributed by atoms with van der Waals surface area (Å²) in [5.74, 6) is 0.612. The highest BCUT2D eigenvalue weighted by atomic mass is 16.5. The van der Waals surface area contributed by atoms with E-state index < -0.39 is 0 Å². The summed E-state index contributed by atoms with van der Waals surface area (Å²) in [5.41, 5.74) is 1.63. The molecule has 1 aromatic carbocycles. The summed E-state index contributed by atoms with van der Waals surface area (Å²) in [4.78, 5) is 0. The van der Waals surface area contributed by atoms with Gasteiger partial charge < -0.3 is 10.1 Å². The number of benzene rings is 1. The fourth-order valence-corrected chi connectivity index (χ4v) is 2.00. The SMILES string of the molecule is COc1ccc(CNC(C)Cn2cccn2)cc1C#N. The Morgan fingerprint density at radius 3 is 3.00 bits per heavy atom. The fourth-order valence-electron chi connectivity index (χ4n) is 2.00. The van der Waals surface area contributed by atoms with Crippen LogP contribution in [0.3, 0.4) is 0 Å². The minimum atomic E-state index is 0.294. The first-order chi connectivity index (χ1) is 9.72. The van der Waals surface area contributed by atoms with Gasteiger partial charge >= 0.3 is 0 Å². The van der Waals surface area contributed by atoms with Crippen LogP contribution < -0.4 is 10.1 Å². The molecule has 0 aliphatic carbocycles. The minimum Gasteiger partial charge on any atom is -0.495 e. The van der Waals surface area contributed by atoms with Crippen molar-refractivity contribution in [2.45, 2.75) is 26.1 Å². The number of ether oxygens (including phenoxy) is 1. The lowest BCUT2D eigenvalue weighted by Crippen LogP contribution is -2.30. The number of hydrogen-bond donors (Lipinski definition) is 1. The number of nitrogens with one attached hydrogen (secondary N) is 1. The first-order valence-electron chi connectivity index (χ1n) is 6.50. The van der Waals surface area contributed by atoms with Crippen LogP contribution in [0.15, 0.2) is 36.7 Å². The predicted molar refractivity (Wildman–Crippen MR) is 76.2 cm³/mol. The molecule has 2 rings (SSSR count). The first kappa shape index (κ1) is 14.1. The Morgan fingerprint density at radius 1 is 1.50 bits per heavy atom. The van der Waals surface area contributed by atoms with Gasteiger partial charge in [-0.15, -0.1) is 0 Å². The third-order valence-electron chi connectivity index (χ3n) is 3.06. The van der Waals surface area contributed by atoms with E-state index in [1.54, 1.807) is 13.3 Å². The van der Waals surface area contributed by atoms with Gasteiger partial charge in [0.15, 0.2) is 0 Å². The van der Waals surface area contributed by atoms with Crippen molar-refractivity contribution in [3.8, 4) is 11.8 Å². The maximum absolute atomic E-state index is 9.06. The number of hydrogen-bond acceptors (Lipinski definition) is 4. The summed E-state index contributed by atoms with van der Waals surface area (Å²) in [6.07, 6.45) is 3.72. The standard InChI is InChI=1S/C15H18N4O/c1-12(11-19-7-3-6-18-19)17-10-13-4-5-15(20-2)14(8-13)9-16/h3-8,12,17H,10-11H2,1-2H3. The van der Waals surface area contributed by atoms with Gasteiger partial charge in [-0.2, -0.15) is 10.4 Å². The Kier molecular flexibility index (Phi) is 4.75. The number of aromatic nitrogens is 2. The summed E-state index contributed by atoms with van der Waals surface area (Å²) in [7, 11) is 1.57. The zero-order chi connectivity index (χ0) is 14.4. The smallest absolute Gasteiger partial charge is 0.136 e. The Balaban J connectivity index is 1.92. The molecule has 0 saturated heterocycles. The molecule has 104 valence electrons. The molecule has 0 saturated carbocycles. The molecule has 0 amide bonds. The average molecular weight is 270 g/mol. The van der Waals surface area contributed by atoms with Crippen molar-refractivity contribution < 1.29 is 4.74 Å². The van der Waals surface area contributed by atoms with Crippen molar-refractivity contribution in [1.29, 1.82) is 5.26 Å². The van der Waals surface area contributed by atoms with Gasteiger partial charge in [0.2, 0.25) is 0 Å². The van der Waals surface area contributed by atoms with Gasteiger partial charge in [-0.05, 0) is 30.7 Å². The summed E-state index contributed by atoms with van der Waals surface area (Å²) in [6, 6.07) is 10.00. The second kappa shape index (κ2) is 6.73. The summed E-state index contributed by atoms with van der Waals surface area (Å²) in [6.45, 7) is 3.63. The zero-order valence-corrected chi connectivity index (χ0v) is 11.7. The maximum Gasteiger partial charge on any atom is 0.136 e. The molecule has 5 heteroatoms. The lowest BCUT2D eigenvalue weighted by atomic mass is 10.1. The van der Waals surface area contributed by atoms with Crippen LogP contribution in [0.2, 0.25) is 0 Å². The van der Waals surface area contributed by atoms with Gasteiger partial charge in [0.05, 0.1) is 19.2 Å². The quantitative estimate of drug-likeness (QED) is 0.871. The highest BCUT2D eigenvalue weighted by Gasteiger charge is 2.06. The number of rotatable bonds is 6. The molecule has 1 atom stereocenters. The predicted octanol–water partition coefficient (Wildman–Crippen LogP) is 1.94. The second-order valence-electron chi connectivity index (χ2n) is 4.66.